The first-order valence-electron chi connectivity index (χ1n) is 9.74. The van der Waals surface area contributed by atoms with E-state index in [4.69, 9.17) is 5.73 Å². The third kappa shape index (κ3) is 3.40. The second kappa shape index (κ2) is 7.36. The first kappa shape index (κ1) is 18.6. The first-order chi connectivity index (χ1) is 13.4. The molecule has 1 aromatic heterocycles. The van der Waals surface area contributed by atoms with E-state index in [1.54, 1.807) is 6.20 Å². The highest BCUT2D eigenvalue weighted by molar-refractivity contribution is 5.94. The van der Waals surface area contributed by atoms with E-state index in [9.17, 15) is 9.59 Å². The van der Waals surface area contributed by atoms with E-state index in [0.29, 0.717) is 23.9 Å². The highest BCUT2D eigenvalue weighted by atomic mass is 16.2. The van der Waals surface area contributed by atoms with Crippen LogP contribution < -0.4 is 5.73 Å². The molecule has 146 valence electrons. The van der Waals surface area contributed by atoms with Crippen LogP contribution in [0.2, 0.25) is 0 Å². The summed E-state index contributed by atoms with van der Waals surface area (Å²) in [5.41, 5.74) is 9.29. The molecule has 1 aromatic carbocycles. The lowest BCUT2D eigenvalue weighted by atomic mass is 9.87. The van der Waals surface area contributed by atoms with Gasteiger partial charge in [0.1, 0.15) is 0 Å². The molecule has 0 bridgehead atoms. The van der Waals surface area contributed by atoms with Gasteiger partial charge >= 0.3 is 0 Å². The summed E-state index contributed by atoms with van der Waals surface area (Å²) in [5.74, 6) is 0.358. The zero-order valence-electron chi connectivity index (χ0n) is 16.3. The zero-order valence-corrected chi connectivity index (χ0v) is 16.3. The van der Waals surface area contributed by atoms with Crippen molar-refractivity contribution in [2.24, 2.45) is 17.6 Å². The van der Waals surface area contributed by atoms with E-state index in [2.05, 4.69) is 28.9 Å². The summed E-state index contributed by atoms with van der Waals surface area (Å²) in [5, 5.41) is 0. The highest BCUT2D eigenvalue weighted by Crippen LogP contribution is 2.46. The van der Waals surface area contributed by atoms with Gasteiger partial charge in [-0.05, 0) is 43.0 Å². The maximum atomic E-state index is 13.3. The van der Waals surface area contributed by atoms with Crippen molar-refractivity contribution in [3.63, 3.8) is 0 Å². The lowest BCUT2D eigenvalue weighted by Crippen LogP contribution is -2.38. The van der Waals surface area contributed by atoms with Crippen LogP contribution in [0.4, 0.5) is 0 Å². The van der Waals surface area contributed by atoms with Crippen molar-refractivity contribution < 1.29 is 9.59 Å². The van der Waals surface area contributed by atoms with Gasteiger partial charge in [0.05, 0.1) is 18.2 Å². The van der Waals surface area contributed by atoms with Gasteiger partial charge in [0.15, 0.2) is 0 Å². The number of nitrogens with zero attached hydrogens (tertiary/aromatic N) is 3. The SMILES string of the molecule is Cc1ccc(C(=O)N2C[C@@H]3CN(CC(N)=O)C[C@@H]3[C@H]2c2ccccc2C)cn1. The van der Waals surface area contributed by atoms with Crippen LogP contribution >= 0.6 is 0 Å². The van der Waals surface area contributed by atoms with Gasteiger partial charge < -0.3 is 10.6 Å². The molecule has 2 aliphatic rings. The molecule has 6 nitrogen and oxygen atoms in total. The highest BCUT2D eigenvalue weighted by Gasteiger charge is 2.49. The van der Waals surface area contributed by atoms with Crippen molar-refractivity contribution in [1.82, 2.24) is 14.8 Å². The fraction of sp³-hybridized carbons (Fsp3) is 0.409. The molecule has 2 saturated heterocycles. The second-order valence-electron chi connectivity index (χ2n) is 8.03. The number of amides is 2. The lowest BCUT2D eigenvalue weighted by Gasteiger charge is -2.31. The predicted octanol–water partition coefficient (Wildman–Crippen LogP) is 1.93. The van der Waals surface area contributed by atoms with Gasteiger partial charge in [0.2, 0.25) is 5.91 Å². The summed E-state index contributed by atoms with van der Waals surface area (Å²) < 4.78 is 0. The summed E-state index contributed by atoms with van der Waals surface area (Å²) in [7, 11) is 0. The molecule has 2 aliphatic heterocycles. The molecule has 0 aliphatic carbocycles. The van der Waals surface area contributed by atoms with Crippen LogP contribution in [-0.4, -0.2) is 52.8 Å². The van der Waals surface area contributed by atoms with Crippen molar-refractivity contribution in [1.29, 1.82) is 0 Å². The van der Waals surface area contributed by atoms with Crippen LogP contribution in [0, 0.1) is 25.7 Å². The van der Waals surface area contributed by atoms with Crippen LogP contribution in [0.1, 0.15) is 33.2 Å². The number of benzene rings is 1. The molecule has 2 amide bonds. The quantitative estimate of drug-likeness (QED) is 0.882. The molecule has 0 unspecified atom stereocenters. The Morgan fingerprint density at radius 3 is 2.57 bits per heavy atom. The summed E-state index contributed by atoms with van der Waals surface area (Å²) in [4.78, 5) is 33.1. The number of nitrogens with two attached hydrogens (primary N) is 1. The molecule has 3 atom stereocenters. The van der Waals surface area contributed by atoms with Crippen molar-refractivity contribution >= 4 is 11.8 Å². The zero-order chi connectivity index (χ0) is 19.8. The monoisotopic (exact) mass is 378 g/mol. The van der Waals surface area contributed by atoms with Gasteiger partial charge in [-0.15, -0.1) is 0 Å². The van der Waals surface area contributed by atoms with Crippen molar-refractivity contribution in [2.45, 2.75) is 19.9 Å². The number of primary amides is 1. The van der Waals surface area contributed by atoms with E-state index in [1.807, 2.05) is 36.1 Å². The van der Waals surface area contributed by atoms with Gasteiger partial charge in [-0.25, -0.2) is 0 Å². The molecular formula is C22H26N4O2. The Balaban J connectivity index is 1.67. The van der Waals surface area contributed by atoms with E-state index in [-0.39, 0.29) is 24.4 Å². The van der Waals surface area contributed by atoms with E-state index >= 15 is 0 Å². The van der Waals surface area contributed by atoms with Crippen LogP contribution in [0.5, 0.6) is 0 Å². The number of aromatic nitrogens is 1. The minimum atomic E-state index is -0.300. The number of carbonyl (C=O) groups is 2. The first-order valence-corrected chi connectivity index (χ1v) is 9.74. The number of hydrogen-bond donors (Lipinski definition) is 1. The van der Waals surface area contributed by atoms with Gasteiger partial charge in [0.25, 0.3) is 5.91 Å². The number of pyridine rings is 1. The lowest BCUT2D eigenvalue weighted by molar-refractivity contribution is -0.119. The molecule has 6 heteroatoms. The normalized spacial score (nSPS) is 24.4. The maximum absolute atomic E-state index is 13.3. The van der Waals surface area contributed by atoms with E-state index < -0.39 is 0 Å². The van der Waals surface area contributed by atoms with E-state index in [1.165, 1.54) is 11.1 Å². The summed E-state index contributed by atoms with van der Waals surface area (Å²) in [6.45, 7) is 6.55. The van der Waals surface area contributed by atoms with Gasteiger partial charge in [-0.2, -0.15) is 0 Å². The number of rotatable bonds is 4. The average Bonchev–Trinajstić information content (AvgIpc) is 3.19. The third-order valence-corrected chi connectivity index (χ3v) is 6.05. The summed E-state index contributed by atoms with van der Waals surface area (Å²) in [6, 6.07) is 12.0. The Morgan fingerprint density at radius 2 is 1.89 bits per heavy atom. The Hall–Kier alpha value is -2.73. The average molecular weight is 378 g/mol. The Morgan fingerprint density at radius 1 is 1.11 bits per heavy atom. The van der Waals surface area contributed by atoms with Crippen molar-refractivity contribution in [2.75, 3.05) is 26.2 Å². The van der Waals surface area contributed by atoms with Gasteiger partial charge in [-0.1, -0.05) is 24.3 Å². The van der Waals surface area contributed by atoms with Crippen molar-refractivity contribution in [3.05, 3.63) is 65.0 Å². The molecule has 28 heavy (non-hydrogen) atoms. The molecule has 2 fully saturated rings. The molecular weight excluding hydrogens is 352 g/mol. The topological polar surface area (TPSA) is 79.5 Å². The second-order valence-corrected chi connectivity index (χ2v) is 8.03. The van der Waals surface area contributed by atoms with E-state index in [0.717, 1.165) is 18.8 Å². The van der Waals surface area contributed by atoms with Crippen molar-refractivity contribution in [3.8, 4) is 0 Å². The van der Waals surface area contributed by atoms with Crippen LogP contribution in [-0.2, 0) is 4.79 Å². The fourth-order valence-electron chi connectivity index (χ4n) is 4.77. The maximum Gasteiger partial charge on any atom is 0.255 e. The molecule has 0 saturated carbocycles. The minimum absolute atomic E-state index is 0.00196. The third-order valence-electron chi connectivity index (χ3n) is 6.05. The van der Waals surface area contributed by atoms with Gasteiger partial charge in [0, 0.05) is 37.4 Å². The number of fused-ring (bicyclic) bond motifs is 1. The number of likely N-dealkylation sites (tertiary alicyclic amines) is 2. The number of carbonyl (C=O) groups excluding carboxylic acids is 2. The van der Waals surface area contributed by atoms with Crippen LogP contribution in [0.3, 0.4) is 0 Å². The minimum Gasteiger partial charge on any atom is -0.369 e. The molecule has 2 N–H and O–H groups in total. The number of hydrogen-bond acceptors (Lipinski definition) is 4. The van der Waals surface area contributed by atoms with Gasteiger partial charge in [-0.3, -0.25) is 19.5 Å². The number of aryl methyl sites for hydroxylation is 2. The summed E-state index contributed by atoms with van der Waals surface area (Å²) in [6.07, 6.45) is 1.67. The fourth-order valence-corrected chi connectivity index (χ4v) is 4.77. The molecule has 2 aromatic rings. The standard InChI is InChI=1S/C22H26N4O2/c1-14-5-3-4-6-18(14)21-19-12-25(13-20(23)27)10-17(19)11-26(21)22(28)16-8-7-15(2)24-9-16/h3-9,17,19,21H,10-13H2,1-2H3,(H2,23,27)/t17-,19-,21+/m0/s1. The predicted molar refractivity (Wildman–Crippen MR) is 107 cm³/mol. The molecule has 0 radical (unpaired) electrons. The smallest absolute Gasteiger partial charge is 0.255 e. The molecule has 4 rings (SSSR count). The molecule has 3 heterocycles. The Kier molecular flexibility index (Phi) is 4.89. The summed E-state index contributed by atoms with van der Waals surface area (Å²) >= 11 is 0. The van der Waals surface area contributed by atoms with Crippen LogP contribution in [0.25, 0.3) is 0 Å². The van der Waals surface area contributed by atoms with Crippen LogP contribution in [0.15, 0.2) is 42.6 Å². The Labute approximate surface area is 165 Å². The molecule has 0 spiro atoms. The largest absolute Gasteiger partial charge is 0.369 e. The Bertz CT molecular complexity index is 896.